The second-order valence-electron chi connectivity index (χ2n) is 6.21. The number of hydrogen-bond acceptors (Lipinski definition) is 3. The van der Waals surface area contributed by atoms with E-state index in [2.05, 4.69) is 63.3 Å². The maximum Gasteiger partial charge on any atom is 0.157 e. The van der Waals surface area contributed by atoms with Crippen molar-refractivity contribution in [3.63, 3.8) is 0 Å². The van der Waals surface area contributed by atoms with Crippen LogP contribution in [0.4, 0.5) is 0 Å². The average Bonchev–Trinajstić information content (AvgIpc) is 2.32. The maximum atomic E-state index is 4.71. The molecule has 98 valence electrons. The molecule has 0 spiro atoms. The van der Waals surface area contributed by atoms with Crippen molar-refractivity contribution in [1.29, 1.82) is 0 Å². The highest BCUT2D eigenvalue weighted by Gasteiger charge is 2.31. The molecule has 3 heteroatoms. The van der Waals surface area contributed by atoms with Crippen molar-refractivity contribution in [2.45, 2.75) is 38.6 Å². The van der Waals surface area contributed by atoms with Crippen LogP contribution in [0.1, 0.15) is 33.3 Å². The molecule has 0 aromatic heterocycles. The highest BCUT2D eigenvalue weighted by atomic mass is 32.2. The van der Waals surface area contributed by atoms with Crippen LogP contribution in [0.5, 0.6) is 0 Å². The van der Waals surface area contributed by atoms with Crippen LogP contribution < -0.4 is 5.32 Å². The molecule has 1 atom stereocenters. The Kier molecular flexibility index (Phi) is 3.71. The molecule has 0 bridgehead atoms. The van der Waals surface area contributed by atoms with E-state index in [9.17, 15) is 0 Å². The average molecular weight is 262 g/mol. The molecule has 0 aliphatic carbocycles. The fourth-order valence-corrected chi connectivity index (χ4v) is 3.22. The first-order valence-corrected chi connectivity index (χ1v) is 7.39. The van der Waals surface area contributed by atoms with Gasteiger partial charge in [0.25, 0.3) is 0 Å². The molecule has 1 unspecified atom stereocenters. The minimum atomic E-state index is 0.0896. The predicted octanol–water partition coefficient (Wildman–Crippen LogP) is 3.44. The highest BCUT2D eigenvalue weighted by Crippen LogP contribution is 2.32. The van der Waals surface area contributed by atoms with Crippen molar-refractivity contribution in [3.05, 3.63) is 35.9 Å². The minimum absolute atomic E-state index is 0.0896. The zero-order valence-corrected chi connectivity index (χ0v) is 12.5. The van der Waals surface area contributed by atoms with Crippen LogP contribution in [-0.2, 0) is 5.41 Å². The van der Waals surface area contributed by atoms with Crippen molar-refractivity contribution in [1.82, 2.24) is 5.32 Å². The van der Waals surface area contributed by atoms with Gasteiger partial charge in [-0.3, -0.25) is 4.99 Å². The van der Waals surface area contributed by atoms with Crippen LogP contribution >= 0.6 is 11.8 Å². The van der Waals surface area contributed by atoms with Crippen LogP contribution in [0.25, 0.3) is 0 Å². The lowest BCUT2D eigenvalue weighted by Crippen LogP contribution is -2.43. The largest absolute Gasteiger partial charge is 0.360 e. The highest BCUT2D eigenvalue weighted by molar-refractivity contribution is 8.13. The summed E-state index contributed by atoms with van der Waals surface area (Å²) in [6.07, 6.45) is 0. The van der Waals surface area contributed by atoms with Crippen LogP contribution in [0.3, 0.4) is 0 Å². The van der Waals surface area contributed by atoms with Gasteiger partial charge in [0.2, 0.25) is 0 Å². The van der Waals surface area contributed by atoms with Gasteiger partial charge in [-0.25, -0.2) is 0 Å². The Labute approximate surface area is 114 Å². The number of thioether (sulfide) groups is 1. The molecule has 1 aliphatic rings. The SMILES string of the molecule is CC(C)(C)NC1=NCC(C)(c2ccccc2)CS1. The predicted molar refractivity (Wildman–Crippen MR) is 81.4 cm³/mol. The number of hydrogen-bond donors (Lipinski definition) is 1. The van der Waals surface area contributed by atoms with Gasteiger partial charge in [-0.2, -0.15) is 0 Å². The number of aliphatic imine (C=N–C) groups is 1. The van der Waals surface area contributed by atoms with E-state index in [1.165, 1.54) is 5.56 Å². The van der Waals surface area contributed by atoms with Crippen LogP contribution in [0.15, 0.2) is 35.3 Å². The maximum absolute atomic E-state index is 4.71. The molecule has 1 heterocycles. The molecular formula is C15H22N2S. The van der Waals surface area contributed by atoms with E-state index in [-0.39, 0.29) is 11.0 Å². The van der Waals surface area contributed by atoms with Crippen LogP contribution in [0.2, 0.25) is 0 Å². The third-order valence-electron chi connectivity index (χ3n) is 3.05. The third kappa shape index (κ3) is 3.29. The van der Waals surface area contributed by atoms with Crippen molar-refractivity contribution in [2.75, 3.05) is 12.3 Å². The molecule has 1 aromatic carbocycles. The third-order valence-corrected chi connectivity index (χ3v) is 4.34. The molecule has 0 saturated heterocycles. The lowest BCUT2D eigenvalue weighted by atomic mass is 9.84. The monoisotopic (exact) mass is 262 g/mol. The van der Waals surface area contributed by atoms with Crippen molar-refractivity contribution < 1.29 is 0 Å². The summed E-state index contributed by atoms with van der Waals surface area (Å²) in [5.41, 5.74) is 1.64. The molecule has 2 nitrogen and oxygen atoms in total. The van der Waals surface area contributed by atoms with E-state index < -0.39 is 0 Å². The fourth-order valence-electron chi connectivity index (χ4n) is 1.98. The van der Waals surface area contributed by atoms with Crippen LogP contribution in [-0.4, -0.2) is 23.0 Å². The Morgan fingerprint density at radius 1 is 1.22 bits per heavy atom. The second-order valence-corrected chi connectivity index (χ2v) is 7.18. The molecule has 1 aliphatic heterocycles. The fraction of sp³-hybridized carbons (Fsp3) is 0.533. The van der Waals surface area contributed by atoms with Gasteiger partial charge in [0.1, 0.15) is 0 Å². The quantitative estimate of drug-likeness (QED) is 0.838. The lowest BCUT2D eigenvalue weighted by Gasteiger charge is -2.34. The Hall–Kier alpha value is -0.960. The van der Waals surface area contributed by atoms with E-state index in [0.29, 0.717) is 0 Å². The van der Waals surface area contributed by atoms with Gasteiger partial charge in [0.05, 0.1) is 6.54 Å². The Balaban J connectivity index is 2.09. The zero-order chi connectivity index (χ0) is 13.2. The topological polar surface area (TPSA) is 24.4 Å². The lowest BCUT2D eigenvalue weighted by molar-refractivity contribution is 0.504. The standard InChI is InChI=1S/C15H22N2S/c1-14(2,3)17-13-16-10-15(4,11-18-13)12-8-6-5-7-9-12/h5-9H,10-11H2,1-4H3,(H,16,17). The first-order valence-electron chi connectivity index (χ1n) is 6.40. The molecule has 0 saturated carbocycles. The van der Waals surface area contributed by atoms with Gasteiger partial charge in [-0.05, 0) is 26.3 Å². The molecule has 1 N–H and O–H groups in total. The second kappa shape index (κ2) is 4.96. The summed E-state index contributed by atoms with van der Waals surface area (Å²) in [6, 6.07) is 10.7. The van der Waals surface area contributed by atoms with Crippen LogP contribution in [0, 0.1) is 0 Å². The number of nitrogens with zero attached hydrogens (tertiary/aromatic N) is 1. The molecule has 0 radical (unpaired) electrons. The normalized spacial score (nSPS) is 24.6. The number of rotatable bonds is 1. The summed E-state index contributed by atoms with van der Waals surface area (Å²) in [4.78, 5) is 4.71. The van der Waals surface area contributed by atoms with Gasteiger partial charge < -0.3 is 5.32 Å². The molecular weight excluding hydrogens is 240 g/mol. The summed E-state index contributed by atoms with van der Waals surface area (Å²) in [5, 5.41) is 4.54. The van der Waals surface area contributed by atoms with Gasteiger partial charge in [0.15, 0.2) is 5.17 Å². The number of benzene rings is 1. The Morgan fingerprint density at radius 3 is 2.39 bits per heavy atom. The van der Waals surface area contributed by atoms with E-state index in [0.717, 1.165) is 17.5 Å². The first kappa shape index (κ1) is 13.5. The van der Waals surface area contributed by atoms with E-state index >= 15 is 0 Å². The molecule has 1 aromatic rings. The minimum Gasteiger partial charge on any atom is -0.360 e. The van der Waals surface area contributed by atoms with Crippen molar-refractivity contribution in [2.24, 2.45) is 4.99 Å². The van der Waals surface area contributed by atoms with Crippen molar-refractivity contribution >= 4 is 16.9 Å². The Bertz CT molecular complexity index is 434. The number of amidine groups is 1. The molecule has 0 amide bonds. The van der Waals surface area contributed by atoms with Gasteiger partial charge >= 0.3 is 0 Å². The smallest absolute Gasteiger partial charge is 0.157 e. The zero-order valence-electron chi connectivity index (χ0n) is 11.7. The van der Waals surface area contributed by atoms with Crippen molar-refractivity contribution in [3.8, 4) is 0 Å². The van der Waals surface area contributed by atoms with E-state index in [1.54, 1.807) is 0 Å². The summed E-state index contributed by atoms with van der Waals surface area (Å²) in [5.74, 6) is 1.08. The Morgan fingerprint density at radius 2 is 1.89 bits per heavy atom. The first-order chi connectivity index (χ1) is 8.39. The summed E-state index contributed by atoms with van der Waals surface area (Å²) in [6.45, 7) is 9.67. The van der Waals surface area contributed by atoms with E-state index in [4.69, 9.17) is 4.99 Å². The summed E-state index contributed by atoms with van der Waals surface area (Å²) >= 11 is 1.83. The summed E-state index contributed by atoms with van der Waals surface area (Å²) in [7, 11) is 0. The summed E-state index contributed by atoms with van der Waals surface area (Å²) < 4.78 is 0. The molecule has 2 rings (SSSR count). The molecule has 18 heavy (non-hydrogen) atoms. The van der Waals surface area contributed by atoms with Gasteiger partial charge in [-0.1, -0.05) is 49.0 Å². The van der Waals surface area contributed by atoms with Gasteiger partial charge in [0, 0.05) is 16.7 Å². The number of nitrogens with one attached hydrogen (secondary N) is 1. The van der Waals surface area contributed by atoms with Gasteiger partial charge in [-0.15, -0.1) is 0 Å². The van der Waals surface area contributed by atoms with E-state index in [1.807, 2.05) is 11.8 Å². The molecule has 0 fully saturated rings.